The second kappa shape index (κ2) is 9.95. The maximum Gasteiger partial charge on any atom is 0.251 e. The van der Waals surface area contributed by atoms with Crippen molar-refractivity contribution >= 4 is 17.3 Å². The summed E-state index contributed by atoms with van der Waals surface area (Å²) in [6.45, 7) is -0.357. The molecule has 2 aromatic carbocycles. The minimum Gasteiger partial charge on any atom is -0.494 e. The number of amides is 1. The third-order valence-corrected chi connectivity index (χ3v) is 5.66. The Kier molecular flexibility index (Phi) is 6.84. The van der Waals surface area contributed by atoms with Crippen LogP contribution >= 0.6 is 0 Å². The molecule has 6 nitrogen and oxygen atoms in total. The molecular formula is C25H25F2N3O3. The number of aliphatic hydroxyl groups is 1. The summed E-state index contributed by atoms with van der Waals surface area (Å²) in [4.78, 5) is 19.1. The predicted octanol–water partition coefficient (Wildman–Crippen LogP) is 3.57. The smallest absolute Gasteiger partial charge is 0.251 e. The zero-order valence-electron chi connectivity index (χ0n) is 18.2. The zero-order valence-corrected chi connectivity index (χ0v) is 18.2. The number of hydrogen-bond donors (Lipinski definition) is 2. The highest BCUT2D eigenvalue weighted by Gasteiger charge is 2.25. The molecule has 1 amide bonds. The number of alkyl halides is 1. The largest absolute Gasteiger partial charge is 0.494 e. The lowest BCUT2D eigenvalue weighted by Gasteiger charge is -2.20. The summed E-state index contributed by atoms with van der Waals surface area (Å²) in [5.41, 5.74) is 4.85. The number of halogens is 2. The first-order valence-electron chi connectivity index (χ1n) is 10.7. The number of carbonyl (C=O) groups is 1. The van der Waals surface area contributed by atoms with Gasteiger partial charge in [-0.1, -0.05) is 12.1 Å². The van der Waals surface area contributed by atoms with Crippen molar-refractivity contribution in [2.45, 2.75) is 18.9 Å². The Balaban J connectivity index is 1.54. The first kappa shape index (κ1) is 22.7. The molecule has 1 aliphatic rings. The zero-order chi connectivity index (χ0) is 23.4. The molecule has 33 heavy (non-hydrogen) atoms. The van der Waals surface area contributed by atoms with Gasteiger partial charge in [-0.2, -0.15) is 0 Å². The van der Waals surface area contributed by atoms with E-state index in [0.717, 1.165) is 28.2 Å². The molecule has 0 spiro atoms. The maximum atomic E-state index is 14.0. The molecule has 1 atom stereocenters. The van der Waals surface area contributed by atoms with Gasteiger partial charge in [-0.25, -0.2) is 8.78 Å². The van der Waals surface area contributed by atoms with E-state index in [0.29, 0.717) is 24.9 Å². The molecule has 0 radical (unpaired) electrons. The Morgan fingerprint density at radius 2 is 2.12 bits per heavy atom. The van der Waals surface area contributed by atoms with E-state index in [4.69, 9.17) is 4.74 Å². The van der Waals surface area contributed by atoms with Gasteiger partial charge >= 0.3 is 0 Å². The third kappa shape index (κ3) is 4.96. The monoisotopic (exact) mass is 453 g/mol. The van der Waals surface area contributed by atoms with Crippen molar-refractivity contribution in [2.75, 3.05) is 31.8 Å². The molecule has 8 heteroatoms. The predicted molar refractivity (Wildman–Crippen MR) is 121 cm³/mol. The van der Waals surface area contributed by atoms with Crippen molar-refractivity contribution in [2.24, 2.45) is 0 Å². The van der Waals surface area contributed by atoms with Crippen LogP contribution in [0.5, 0.6) is 5.75 Å². The number of aromatic nitrogens is 1. The van der Waals surface area contributed by atoms with Gasteiger partial charge in [0.1, 0.15) is 6.67 Å². The quantitative estimate of drug-likeness (QED) is 0.546. The van der Waals surface area contributed by atoms with E-state index in [-0.39, 0.29) is 18.2 Å². The molecule has 0 aliphatic carbocycles. The molecule has 0 bridgehead atoms. The summed E-state index contributed by atoms with van der Waals surface area (Å²) >= 11 is 0. The number of benzene rings is 2. The number of ether oxygens (including phenoxy) is 1. The highest BCUT2D eigenvalue weighted by atomic mass is 19.1. The SMILES string of the molecule is COc1ccc(Cc2cc(N3CCc4c(C(=O)NCC(O)CF)cccc43)ccn2)cc1F. The summed E-state index contributed by atoms with van der Waals surface area (Å²) in [5, 5.41) is 12.0. The van der Waals surface area contributed by atoms with Crippen molar-refractivity contribution in [1.29, 1.82) is 0 Å². The van der Waals surface area contributed by atoms with Crippen molar-refractivity contribution in [3.63, 3.8) is 0 Å². The number of methoxy groups -OCH3 is 1. The molecule has 1 aliphatic heterocycles. The van der Waals surface area contributed by atoms with Crippen LogP contribution in [0.4, 0.5) is 20.2 Å². The van der Waals surface area contributed by atoms with Crippen molar-refractivity contribution in [3.8, 4) is 5.75 Å². The fourth-order valence-corrected chi connectivity index (χ4v) is 4.03. The van der Waals surface area contributed by atoms with Gasteiger partial charge in [0, 0.05) is 48.3 Å². The number of pyridine rings is 1. The molecule has 172 valence electrons. The number of rotatable bonds is 8. The first-order chi connectivity index (χ1) is 16.0. The van der Waals surface area contributed by atoms with E-state index in [1.807, 2.05) is 24.3 Å². The van der Waals surface area contributed by atoms with Crippen LogP contribution in [-0.4, -0.2) is 49.0 Å². The number of nitrogens with zero attached hydrogens (tertiary/aromatic N) is 2. The summed E-state index contributed by atoms with van der Waals surface area (Å²) in [5.74, 6) is -0.546. The molecule has 2 N–H and O–H groups in total. The van der Waals surface area contributed by atoms with E-state index in [1.165, 1.54) is 13.2 Å². The van der Waals surface area contributed by atoms with Gasteiger partial charge in [-0.05, 0) is 53.9 Å². The van der Waals surface area contributed by atoms with Gasteiger partial charge in [0.05, 0.1) is 13.2 Å². The maximum absolute atomic E-state index is 14.0. The molecular weight excluding hydrogens is 428 g/mol. The molecule has 0 saturated heterocycles. The van der Waals surface area contributed by atoms with Crippen LogP contribution in [0.25, 0.3) is 0 Å². The fourth-order valence-electron chi connectivity index (χ4n) is 4.03. The summed E-state index contributed by atoms with van der Waals surface area (Å²) in [6.07, 6.45) is 1.65. The Bertz CT molecular complexity index is 1160. The van der Waals surface area contributed by atoms with Crippen LogP contribution in [0.1, 0.15) is 27.2 Å². The average molecular weight is 453 g/mol. The molecule has 4 rings (SSSR count). The van der Waals surface area contributed by atoms with Crippen LogP contribution in [-0.2, 0) is 12.8 Å². The van der Waals surface area contributed by atoms with Gasteiger partial charge in [0.25, 0.3) is 5.91 Å². The summed E-state index contributed by atoms with van der Waals surface area (Å²) in [7, 11) is 1.43. The van der Waals surface area contributed by atoms with Gasteiger partial charge in [0.2, 0.25) is 0 Å². The van der Waals surface area contributed by atoms with Gasteiger partial charge in [0.15, 0.2) is 11.6 Å². The molecule has 2 heterocycles. The van der Waals surface area contributed by atoms with Crippen molar-refractivity contribution in [3.05, 3.63) is 82.9 Å². The Morgan fingerprint density at radius 3 is 2.88 bits per heavy atom. The van der Waals surface area contributed by atoms with Crippen LogP contribution in [0.2, 0.25) is 0 Å². The van der Waals surface area contributed by atoms with E-state index in [1.54, 1.807) is 24.4 Å². The number of nitrogens with one attached hydrogen (secondary N) is 1. The normalized spacial score (nSPS) is 13.5. The number of anilines is 2. The number of fused-ring (bicyclic) bond motifs is 1. The number of carbonyl (C=O) groups excluding carboxylic acids is 1. The second-order valence-corrected chi connectivity index (χ2v) is 7.87. The minimum atomic E-state index is -1.21. The lowest BCUT2D eigenvalue weighted by Crippen LogP contribution is -2.33. The lowest BCUT2D eigenvalue weighted by molar-refractivity contribution is 0.0894. The van der Waals surface area contributed by atoms with Crippen LogP contribution < -0.4 is 15.0 Å². The van der Waals surface area contributed by atoms with Crippen LogP contribution in [0.15, 0.2) is 54.7 Å². The topological polar surface area (TPSA) is 74.7 Å². The second-order valence-electron chi connectivity index (χ2n) is 7.87. The third-order valence-electron chi connectivity index (χ3n) is 5.66. The van der Waals surface area contributed by atoms with Gasteiger partial charge in [-0.3, -0.25) is 9.78 Å². The Hall–Kier alpha value is -3.52. The fraction of sp³-hybridized carbons (Fsp3) is 0.280. The number of aliphatic hydroxyl groups excluding tert-OH is 1. The molecule has 3 aromatic rings. The summed E-state index contributed by atoms with van der Waals surface area (Å²) in [6, 6.07) is 14.2. The molecule has 0 saturated carbocycles. The standard InChI is InChI=1S/C25H25F2N3O3/c1-33-24-6-5-16(12-22(24)27)11-17-13-18(7-9-28-17)30-10-8-20-21(3-2-4-23(20)30)25(32)29-15-19(31)14-26/h2-7,9,12-13,19,31H,8,10-11,14-15H2,1H3,(H,29,32). The van der Waals surface area contributed by atoms with E-state index < -0.39 is 18.6 Å². The van der Waals surface area contributed by atoms with E-state index in [2.05, 4.69) is 15.2 Å². The van der Waals surface area contributed by atoms with Crippen molar-refractivity contribution < 1.29 is 23.4 Å². The minimum absolute atomic E-state index is 0.137. The number of hydrogen-bond acceptors (Lipinski definition) is 5. The lowest BCUT2D eigenvalue weighted by atomic mass is 10.0. The first-order valence-corrected chi connectivity index (χ1v) is 10.7. The Morgan fingerprint density at radius 1 is 1.27 bits per heavy atom. The van der Waals surface area contributed by atoms with E-state index >= 15 is 0 Å². The van der Waals surface area contributed by atoms with Crippen LogP contribution in [0, 0.1) is 5.82 Å². The Labute approximate surface area is 190 Å². The highest BCUT2D eigenvalue weighted by Crippen LogP contribution is 2.36. The van der Waals surface area contributed by atoms with Crippen LogP contribution in [0.3, 0.4) is 0 Å². The molecule has 0 fully saturated rings. The van der Waals surface area contributed by atoms with Gasteiger partial charge in [-0.15, -0.1) is 0 Å². The molecule has 1 unspecified atom stereocenters. The van der Waals surface area contributed by atoms with Gasteiger partial charge < -0.3 is 20.1 Å². The summed E-state index contributed by atoms with van der Waals surface area (Å²) < 4.78 is 31.5. The highest BCUT2D eigenvalue weighted by molar-refractivity contribution is 5.98. The average Bonchev–Trinajstić information content (AvgIpc) is 3.27. The van der Waals surface area contributed by atoms with Crippen molar-refractivity contribution in [1.82, 2.24) is 10.3 Å². The molecule has 1 aromatic heterocycles. The van der Waals surface area contributed by atoms with E-state index in [9.17, 15) is 18.7 Å².